The molecular weight excluding hydrogens is 488 g/mol. The minimum atomic E-state index is -0.379. The highest BCUT2D eigenvalue weighted by molar-refractivity contribution is 5.88. The second-order valence-corrected chi connectivity index (χ2v) is 11.6. The summed E-state index contributed by atoms with van der Waals surface area (Å²) < 4.78 is 23.0. The topological polar surface area (TPSA) is 54.0 Å². The van der Waals surface area contributed by atoms with Gasteiger partial charge < -0.3 is 18.9 Å². The Balaban J connectivity index is 2.28. The molecule has 0 amide bonds. The highest BCUT2D eigenvalue weighted by Gasteiger charge is 2.28. The number of methoxy groups -OCH3 is 1. The van der Waals surface area contributed by atoms with Crippen LogP contribution in [0.25, 0.3) is 17.2 Å². The van der Waals surface area contributed by atoms with Crippen LogP contribution in [-0.4, -0.2) is 26.5 Å². The lowest BCUT2D eigenvalue weighted by Gasteiger charge is -2.30. The molecule has 0 aliphatic carbocycles. The van der Waals surface area contributed by atoms with Gasteiger partial charge in [0.15, 0.2) is 6.79 Å². The van der Waals surface area contributed by atoms with Crippen molar-refractivity contribution >= 4 is 12.0 Å². The Hall–Kier alpha value is -3.57. The molecule has 0 aromatic heterocycles. The normalized spacial score (nSPS) is 12.0. The number of rotatable bonds is 10. The molecule has 3 aromatic carbocycles. The molecule has 0 atom stereocenters. The second kappa shape index (κ2) is 13.0. The van der Waals surface area contributed by atoms with E-state index in [1.54, 1.807) is 20.1 Å². The number of ether oxygens (including phenoxy) is 4. The lowest BCUT2D eigenvalue weighted by atomic mass is 9.78. The monoisotopic (exact) mass is 530 g/mol. The van der Waals surface area contributed by atoms with Gasteiger partial charge in [-0.2, -0.15) is 0 Å². The van der Waals surface area contributed by atoms with Crippen molar-refractivity contribution in [2.75, 3.05) is 20.5 Å². The molecule has 0 aliphatic heterocycles. The zero-order valence-corrected chi connectivity index (χ0v) is 24.6. The molecule has 39 heavy (non-hydrogen) atoms. The molecule has 0 aliphatic rings. The average Bonchev–Trinajstić information content (AvgIpc) is 2.89. The summed E-state index contributed by atoms with van der Waals surface area (Å²) in [4.78, 5) is 12.0. The summed E-state index contributed by atoms with van der Waals surface area (Å²) in [7, 11) is 1.60. The molecule has 0 N–H and O–H groups in total. The quantitative estimate of drug-likeness (QED) is 0.151. The molecule has 0 unspecified atom stereocenters. The van der Waals surface area contributed by atoms with E-state index in [-0.39, 0.29) is 23.6 Å². The third-order valence-electron chi connectivity index (χ3n) is 6.31. The largest absolute Gasteiger partial charge is 0.488 e. The molecule has 0 radical (unpaired) electrons. The summed E-state index contributed by atoms with van der Waals surface area (Å²) in [5.74, 6) is 1.10. The Bertz CT molecular complexity index is 1280. The van der Waals surface area contributed by atoms with Crippen molar-refractivity contribution in [3.8, 4) is 22.6 Å². The van der Waals surface area contributed by atoms with E-state index >= 15 is 0 Å². The van der Waals surface area contributed by atoms with Gasteiger partial charge in [0.1, 0.15) is 18.1 Å². The van der Waals surface area contributed by atoms with Crippen molar-refractivity contribution in [2.24, 2.45) is 0 Å². The minimum absolute atomic E-state index is 0.0956. The van der Waals surface area contributed by atoms with Gasteiger partial charge in [0.2, 0.25) is 0 Å². The van der Waals surface area contributed by atoms with Gasteiger partial charge in [0.05, 0.1) is 6.61 Å². The third-order valence-corrected chi connectivity index (χ3v) is 6.31. The van der Waals surface area contributed by atoms with Crippen LogP contribution < -0.4 is 9.47 Å². The Morgan fingerprint density at radius 3 is 2.18 bits per heavy atom. The van der Waals surface area contributed by atoms with Gasteiger partial charge in [-0.15, -0.1) is 0 Å². The molecule has 0 spiro atoms. The predicted octanol–water partition coefficient (Wildman–Crippen LogP) is 8.09. The first-order valence-corrected chi connectivity index (χ1v) is 13.4. The number of carbonyl (C=O) groups excluding carboxylic acids is 1. The zero-order chi connectivity index (χ0) is 28.6. The summed E-state index contributed by atoms with van der Waals surface area (Å²) in [5.41, 5.74) is 5.75. The maximum absolute atomic E-state index is 12.0. The predicted molar refractivity (Wildman–Crippen MR) is 158 cm³/mol. The number of hydrogen-bond donors (Lipinski definition) is 0. The van der Waals surface area contributed by atoms with Crippen molar-refractivity contribution in [3.05, 3.63) is 89.0 Å². The van der Waals surface area contributed by atoms with E-state index in [1.165, 1.54) is 11.6 Å². The van der Waals surface area contributed by atoms with Crippen LogP contribution in [0.4, 0.5) is 0 Å². The first-order chi connectivity index (χ1) is 18.4. The van der Waals surface area contributed by atoms with Crippen LogP contribution >= 0.6 is 0 Å². The van der Waals surface area contributed by atoms with Gasteiger partial charge in [-0.25, -0.2) is 4.79 Å². The van der Waals surface area contributed by atoms with Gasteiger partial charge in [0.25, 0.3) is 0 Å². The summed E-state index contributed by atoms with van der Waals surface area (Å²) >= 11 is 0. The van der Waals surface area contributed by atoms with Crippen LogP contribution in [0.1, 0.15) is 70.7 Å². The molecule has 0 saturated carbocycles. The van der Waals surface area contributed by atoms with Crippen LogP contribution in [0.3, 0.4) is 0 Å². The summed E-state index contributed by atoms with van der Waals surface area (Å²) in [5, 5.41) is 0. The minimum Gasteiger partial charge on any atom is -0.488 e. The van der Waals surface area contributed by atoms with Crippen molar-refractivity contribution in [2.45, 2.75) is 65.9 Å². The van der Waals surface area contributed by atoms with E-state index in [0.717, 1.165) is 33.6 Å². The fourth-order valence-corrected chi connectivity index (χ4v) is 4.17. The van der Waals surface area contributed by atoms with E-state index < -0.39 is 0 Å². The standard InChI is InChI=1S/C34H42O5/c1-9-37-31(35)18-16-24-15-17-30(39-23-36-8)27(19-24)28-20-26(33(2,3)4)21-29(34(5,6)7)32(28)38-22-25-13-11-10-12-14-25/h10-21H,9,22-23H2,1-8H3. The Morgan fingerprint density at radius 2 is 1.56 bits per heavy atom. The Labute approximate surface area is 233 Å². The number of carbonyl (C=O) groups is 1. The fourth-order valence-electron chi connectivity index (χ4n) is 4.17. The highest BCUT2D eigenvalue weighted by atomic mass is 16.7. The van der Waals surface area contributed by atoms with Crippen LogP contribution in [0, 0.1) is 0 Å². The molecule has 3 aromatic rings. The van der Waals surface area contributed by atoms with Crippen LogP contribution in [0.15, 0.2) is 66.7 Å². The first kappa shape index (κ1) is 30.0. The molecule has 3 rings (SSSR count). The van der Waals surface area contributed by atoms with Gasteiger partial charge in [-0.3, -0.25) is 0 Å². The highest BCUT2D eigenvalue weighted by Crippen LogP contribution is 2.46. The van der Waals surface area contributed by atoms with Crippen LogP contribution in [0.2, 0.25) is 0 Å². The molecule has 5 nitrogen and oxygen atoms in total. The fraction of sp³-hybridized carbons (Fsp3) is 0.382. The summed E-state index contributed by atoms with van der Waals surface area (Å²) in [6.45, 7) is 15.9. The van der Waals surface area contributed by atoms with E-state index in [4.69, 9.17) is 18.9 Å². The molecule has 208 valence electrons. The van der Waals surface area contributed by atoms with Gasteiger partial charge >= 0.3 is 5.97 Å². The smallest absolute Gasteiger partial charge is 0.330 e. The first-order valence-electron chi connectivity index (χ1n) is 13.4. The average molecular weight is 531 g/mol. The second-order valence-electron chi connectivity index (χ2n) is 11.6. The number of esters is 1. The number of benzene rings is 3. The maximum Gasteiger partial charge on any atom is 0.330 e. The van der Waals surface area contributed by atoms with Gasteiger partial charge in [-0.05, 0) is 58.7 Å². The van der Waals surface area contributed by atoms with Crippen molar-refractivity contribution < 1.29 is 23.7 Å². The van der Waals surface area contributed by atoms with Crippen molar-refractivity contribution in [1.29, 1.82) is 0 Å². The van der Waals surface area contributed by atoms with E-state index in [2.05, 4.69) is 65.8 Å². The third kappa shape index (κ3) is 8.21. The van der Waals surface area contributed by atoms with Crippen molar-refractivity contribution in [1.82, 2.24) is 0 Å². The van der Waals surface area contributed by atoms with Gasteiger partial charge in [0, 0.05) is 29.9 Å². The number of hydrogen-bond acceptors (Lipinski definition) is 5. The summed E-state index contributed by atoms with van der Waals surface area (Å²) in [6.07, 6.45) is 3.20. The van der Waals surface area contributed by atoms with E-state index in [0.29, 0.717) is 19.0 Å². The molecule has 0 fully saturated rings. The molecule has 0 heterocycles. The molecular formula is C34H42O5. The summed E-state index contributed by atoms with van der Waals surface area (Å²) in [6, 6.07) is 20.5. The SMILES string of the molecule is CCOC(=O)C=Cc1ccc(OCOC)c(-c2cc(C(C)(C)C)cc(C(C)(C)C)c2OCc2ccccc2)c1. The lowest BCUT2D eigenvalue weighted by Crippen LogP contribution is -2.18. The molecule has 0 bridgehead atoms. The van der Waals surface area contributed by atoms with Crippen molar-refractivity contribution in [3.63, 3.8) is 0 Å². The van der Waals surface area contributed by atoms with Crippen LogP contribution in [-0.2, 0) is 31.7 Å². The van der Waals surface area contributed by atoms with Gasteiger partial charge in [-0.1, -0.05) is 84.0 Å². The van der Waals surface area contributed by atoms with E-state index in [1.807, 2.05) is 36.4 Å². The maximum atomic E-state index is 12.0. The molecule has 5 heteroatoms. The van der Waals surface area contributed by atoms with E-state index in [9.17, 15) is 4.79 Å². The Kier molecular flexibility index (Phi) is 9.98. The Morgan fingerprint density at radius 1 is 0.846 bits per heavy atom. The van der Waals surface area contributed by atoms with Crippen LogP contribution in [0.5, 0.6) is 11.5 Å². The molecule has 0 saturated heterocycles. The lowest BCUT2D eigenvalue weighted by molar-refractivity contribution is -0.137. The zero-order valence-electron chi connectivity index (χ0n) is 24.6.